The molecule has 2 aliphatic heterocycles. The van der Waals surface area contributed by atoms with Crippen molar-refractivity contribution in [1.82, 2.24) is 20.4 Å². The zero-order chi connectivity index (χ0) is 19.7. The lowest BCUT2D eigenvalue weighted by Gasteiger charge is -2.49. The Labute approximate surface area is 195 Å². The molecule has 170 valence electrons. The summed E-state index contributed by atoms with van der Waals surface area (Å²) in [5, 5.41) is 6.96. The number of hydrogen-bond donors (Lipinski definition) is 2. The van der Waals surface area contributed by atoms with E-state index in [9.17, 15) is 0 Å². The highest BCUT2D eigenvalue weighted by atomic mass is 127. The molecular formula is C22H44IN5O. The van der Waals surface area contributed by atoms with Gasteiger partial charge in [0.1, 0.15) is 0 Å². The molecule has 1 saturated carbocycles. The van der Waals surface area contributed by atoms with Gasteiger partial charge in [0.2, 0.25) is 0 Å². The highest BCUT2D eigenvalue weighted by Crippen LogP contribution is 2.31. The van der Waals surface area contributed by atoms with Crippen LogP contribution in [0.1, 0.15) is 58.3 Å². The van der Waals surface area contributed by atoms with Gasteiger partial charge in [-0.2, -0.15) is 0 Å². The fourth-order valence-electron chi connectivity index (χ4n) is 4.46. The van der Waals surface area contributed by atoms with Gasteiger partial charge in [-0.25, -0.2) is 0 Å². The van der Waals surface area contributed by atoms with E-state index < -0.39 is 0 Å². The number of rotatable bonds is 10. The zero-order valence-electron chi connectivity index (χ0n) is 18.8. The molecule has 3 rings (SSSR count). The third kappa shape index (κ3) is 8.50. The third-order valence-corrected chi connectivity index (χ3v) is 6.63. The van der Waals surface area contributed by atoms with E-state index in [1.807, 2.05) is 0 Å². The lowest BCUT2D eigenvalue weighted by Crippen LogP contribution is -2.58. The number of nitrogens with zero attached hydrogens (tertiary/aromatic N) is 3. The van der Waals surface area contributed by atoms with Gasteiger partial charge in [0, 0.05) is 31.8 Å². The first-order valence-corrected chi connectivity index (χ1v) is 11.8. The average molecular weight is 522 g/mol. The van der Waals surface area contributed by atoms with Crippen molar-refractivity contribution in [3.63, 3.8) is 0 Å². The molecule has 0 atom stereocenters. The normalized spacial score (nSPS) is 23.4. The number of aliphatic imine (C=N–C) groups is 1. The lowest BCUT2D eigenvalue weighted by molar-refractivity contribution is 0.0208. The Morgan fingerprint density at radius 3 is 2.45 bits per heavy atom. The summed E-state index contributed by atoms with van der Waals surface area (Å²) in [6.07, 6.45) is 10.3. The van der Waals surface area contributed by atoms with E-state index in [-0.39, 0.29) is 29.5 Å². The SMILES string of the molecule is CCNC(=NCC1(N2CCCCC2)CCN(C)CC1)NCCCOCC1CC1.I. The summed E-state index contributed by atoms with van der Waals surface area (Å²) in [4.78, 5) is 10.3. The summed E-state index contributed by atoms with van der Waals surface area (Å²) >= 11 is 0. The molecule has 2 N–H and O–H groups in total. The second kappa shape index (κ2) is 13.3. The largest absolute Gasteiger partial charge is 0.381 e. The highest BCUT2D eigenvalue weighted by molar-refractivity contribution is 14.0. The van der Waals surface area contributed by atoms with Gasteiger partial charge < -0.3 is 20.3 Å². The first-order chi connectivity index (χ1) is 13.7. The average Bonchev–Trinajstić information content (AvgIpc) is 3.55. The molecular weight excluding hydrogens is 477 g/mol. The summed E-state index contributed by atoms with van der Waals surface area (Å²) < 4.78 is 5.75. The molecule has 2 saturated heterocycles. The molecule has 1 aliphatic carbocycles. The Bertz CT molecular complexity index is 472. The summed E-state index contributed by atoms with van der Waals surface area (Å²) in [5.74, 6) is 1.83. The molecule has 0 aromatic heterocycles. The Hall–Kier alpha value is -0.120. The van der Waals surface area contributed by atoms with Crippen molar-refractivity contribution in [1.29, 1.82) is 0 Å². The molecule has 0 radical (unpaired) electrons. The summed E-state index contributed by atoms with van der Waals surface area (Å²) in [5.41, 5.74) is 0.253. The van der Waals surface area contributed by atoms with Gasteiger partial charge in [-0.15, -0.1) is 24.0 Å². The fraction of sp³-hybridized carbons (Fsp3) is 0.955. The van der Waals surface area contributed by atoms with E-state index in [1.165, 1.54) is 71.1 Å². The van der Waals surface area contributed by atoms with E-state index in [4.69, 9.17) is 9.73 Å². The molecule has 2 heterocycles. The van der Waals surface area contributed by atoms with Crippen molar-refractivity contribution in [2.45, 2.75) is 63.8 Å². The number of guanidine groups is 1. The van der Waals surface area contributed by atoms with E-state index in [0.717, 1.165) is 51.1 Å². The van der Waals surface area contributed by atoms with Crippen LogP contribution in [0.15, 0.2) is 4.99 Å². The maximum Gasteiger partial charge on any atom is 0.191 e. The molecule has 0 amide bonds. The topological polar surface area (TPSA) is 52.1 Å². The van der Waals surface area contributed by atoms with Gasteiger partial charge in [-0.3, -0.25) is 9.89 Å². The van der Waals surface area contributed by atoms with Crippen molar-refractivity contribution < 1.29 is 4.74 Å². The molecule has 0 spiro atoms. The first-order valence-electron chi connectivity index (χ1n) is 11.8. The molecule has 7 heteroatoms. The Morgan fingerprint density at radius 2 is 1.79 bits per heavy atom. The Morgan fingerprint density at radius 1 is 1.07 bits per heavy atom. The van der Waals surface area contributed by atoms with E-state index in [2.05, 4.69) is 34.4 Å². The van der Waals surface area contributed by atoms with Crippen molar-refractivity contribution in [3.8, 4) is 0 Å². The van der Waals surface area contributed by atoms with E-state index in [0.29, 0.717) is 0 Å². The van der Waals surface area contributed by atoms with Crippen molar-refractivity contribution in [3.05, 3.63) is 0 Å². The number of halogens is 1. The number of piperidine rings is 2. The van der Waals surface area contributed by atoms with Crippen LogP contribution in [-0.2, 0) is 4.74 Å². The van der Waals surface area contributed by atoms with Crippen molar-refractivity contribution >= 4 is 29.9 Å². The molecule has 0 aromatic rings. The van der Waals surface area contributed by atoms with Crippen LogP contribution < -0.4 is 10.6 Å². The highest BCUT2D eigenvalue weighted by Gasteiger charge is 2.39. The Balaban J connectivity index is 0.00000300. The van der Waals surface area contributed by atoms with E-state index >= 15 is 0 Å². The van der Waals surface area contributed by atoms with Crippen molar-refractivity contribution in [2.24, 2.45) is 10.9 Å². The van der Waals surface area contributed by atoms with Crippen LogP contribution in [-0.4, -0.2) is 87.4 Å². The van der Waals surface area contributed by atoms with Crippen LogP contribution in [0.4, 0.5) is 0 Å². The summed E-state index contributed by atoms with van der Waals surface area (Å²) in [6.45, 7) is 11.6. The molecule has 0 bridgehead atoms. The second-order valence-electron chi connectivity index (χ2n) is 9.07. The lowest BCUT2D eigenvalue weighted by atomic mass is 9.84. The van der Waals surface area contributed by atoms with Crippen molar-refractivity contribution in [2.75, 3.05) is 66.1 Å². The minimum absolute atomic E-state index is 0. The van der Waals surface area contributed by atoms with Gasteiger partial charge >= 0.3 is 0 Å². The number of hydrogen-bond acceptors (Lipinski definition) is 4. The molecule has 3 fully saturated rings. The third-order valence-electron chi connectivity index (χ3n) is 6.63. The number of ether oxygens (including phenoxy) is 1. The second-order valence-corrected chi connectivity index (χ2v) is 9.07. The Kier molecular flexibility index (Phi) is 11.6. The standard InChI is InChI=1S/C22H43N5O.HI/c1-3-23-21(24-12-7-17-28-18-20-8-9-20)25-19-22(10-15-26(2)16-11-22)27-13-5-4-6-14-27;/h20H,3-19H2,1-2H3,(H2,23,24,25);1H. The van der Waals surface area contributed by atoms with Gasteiger partial charge in [0.05, 0.1) is 6.54 Å². The predicted molar refractivity (Wildman–Crippen MR) is 132 cm³/mol. The minimum Gasteiger partial charge on any atom is -0.381 e. The maximum atomic E-state index is 5.75. The molecule has 6 nitrogen and oxygen atoms in total. The quantitative estimate of drug-likeness (QED) is 0.201. The minimum atomic E-state index is 0. The van der Waals surface area contributed by atoms with Crippen LogP contribution in [0.3, 0.4) is 0 Å². The van der Waals surface area contributed by atoms with Gasteiger partial charge in [-0.1, -0.05) is 6.42 Å². The van der Waals surface area contributed by atoms with Crippen LogP contribution in [0, 0.1) is 5.92 Å². The van der Waals surface area contributed by atoms with Gasteiger partial charge in [-0.05, 0) is 91.0 Å². The summed E-state index contributed by atoms with van der Waals surface area (Å²) in [7, 11) is 2.25. The predicted octanol–water partition coefficient (Wildman–Crippen LogP) is 2.93. The van der Waals surface area contributed by atoms with Gasteiger partial charge in [0.15, 0.2) is 5.96 Å². The van der Waals surface area contributed by atoms with Crippen LogP contribution in [0.25, 0.3) is 0 Å². The molecule has 3 aliphatic rings. The zero-order valence-corrected chi connectivity index (χ0v) is 21.1. The molecule has 0 unspecified atom stereocenters. The first kappa shape index (κ1) is 25.1. The van der Waals surface area contributed by atoms with E-state index in [1.54, 1.807) is 0 Å². The number of nitrogens with one attached hydrogen (secondary N) is 2. The summed E-state index contributed by atoms with van der Waals surface area (Å²) in [6, 6.07) is 0. The fourth-order valence-corrected chi connectivity index (χ4v) is 4.46. The van der Waals surface area contributed by atoms with Gasteiger partial charge in [0.25, 0.3) is 0 Å². The smallest absolute Gasteiger partial charge is 0.191 e. The van der Waals surface area contributed by atoms with Crippen LogP contribution >= 0.6 is 24.0 Å². The maximum absolute atomic E-state index is 5.75. The molecule has 0 aromatic carbocycles. The monoisotopic (exact) mass is 521 g/mol. The number of likely N-dealkylation sites (tertiary alicyclic amines) is 2. The van der Waals surface area contributed by atoms with Crippen LogP contribution in [0.2, 0.25) is 0 Å². The molecule has 29 heavy (non-hydrogen) atoms. The van der Waals surface area contributed by atoms with Crippen LogP contribution in [0.5, 0.6) is 0 Å².